The van der Waals surface area contributed by atoms with Crippen molar-refractivity contribution < 1.29 is 14.7 Å². The Hall–Kier alpha value is -1.08. The van der Waals surface area contributed by atoms with Crippen LogP contribution in [0.15, 0.2) is 27.1 Å². The van der Waals surface area contributed by atoms with Crippen LogP contribution in [-0.2, 0) is 4.79 Å². The molecule has 0 spiro atoms. The van der Waals surface area contributed by atoms with E-state index in [9.17, 15) is 14.7 Å². The Bertz CT molecular complexity index is 579. The predicted molar refractivity (Wildman–Crippen MR) is 87.4 cm³/mol. The zero-order valence-electron chi connectivity index (χ0n) is 11.5. The van der Waals surface area contributed by atoms with Gasteiger partial charge in [-0.05, 0) is 47.0 Å². The highest BCUT2D eigenvalue weighted by atomic mass is 79.9. The van der Waals surface area contributed by atoms with E-state index in [0.29, 0.717) is 25.1 Å². The van der Waals surface area contributed by atoms with Crippen molar-refractivity contribution in [2.45, 2.75) is 19.8 Å². The number of urea groups is 1. The maximum atomic E-state index is 12.3. The number of hydrogen-bond donors (Lipinski definition) is 2. The third-order valence-electron chi connectivity index (χ3n) is 3.94. The van der Waals surface area contributed by atoms with E-state index in [1.807, 2.05) is 19.1 Å². The lowest BCUT2D eigenvalue weighted by Crippen LogP contribution is -2.38. The molecule has 2 N–H and O–H groups in total. The van der Waals surface area contributed by atoms with Crippen LogP contribution in [0.4, 0.5) is 10.5 Å². The van der Waals surface area contributed by atoms with Crippen LogP contribution < -0.4 is 5.32 Å². The number of aliphatic carboxylic acids is 1. The minimum atomic E-state index is -0.830. The van der Waals surface area contributed by atoms with Crippen molar-refractivity contribution in [3.8, 4) is 0 Å². The number of carbonyl (C=O) groups excluding carboxylic acids is 1. The number of carbonyl (C=O) groups is 2. The summed E-state index contributed by atoms with van der Waals surface area (Å²) < 4.78 is 1.63. The summed E-state index contributed by atoms with van der Waals surface area (Å²) in [6, 6.07) is 5.22. The summed E-state index contributed by atoms with van der Waals surface area (Å²) in [7, 11) is 0. The van der Waals surface area contributed by atoms with Crippen LogP contribution in [0.1, 0.15) is 19.8 Å². The third-order valence-corrected chi connectivity index (χ3v) is 5.13. The molecule has 1 fully saturated rings. The molecule has 0 aliphatic carbocycles. The monoisotopic (exact) mass is 418 g/mol. The summed E-state index contributed by atoms with van der Waals surface area (Å²) >= 11 is 6.73. The molecule has 2 amide bonds. The molecule has 21 heavy (non-hydrogen) atoms. The SMILES string of the molecule is CCC1(C(=O)O)CCN(C(=O)Nc2cc(Br)ccc2Br)C1. The van der Waals surface area contributed by atoms with Gasteiger partial charge in [0.05, 0.1) is 11.1 Å². The zero-order chi connectivity index (χ0) is 15.6. The summed E-state index contributed by atoms with van der Waals surface area (Å²) in [5, 5.41) is 12.2. The van der Waals surface area contributed by atoms with Crippen molar-refractivity contribution in [3.05, 3.63) is 27.1 Å². The van der Waals surface area contributed by atoms with Gasteiger partial charge >= 0.3 is 12.0 Å². The van der Waals surface area contributed by atoms with Gasteiger partial charge in [-0.25, -0.2) is 4.79 Å². The number of anilines is 1. The van der Waals surface area contributed by atoms with Crippen molar-refractivity contribution in [1.29, 1.82) is 0 Å². The Morgan fingerprint density at radius 3 is 2.71 bits per heavy atom. The highest BCUT2D eigenvalue weighted by Crippen LogP contribution is 2.35. The van der Waals surface area contributed by atoms with Crippen molar-refractivity contribution in [2.24, 2.45) is 5.41 Å². The van der Waals surface area contributed by atoms with Gasteiger partial charge in [0.2, 0.25) is 0 Å². The maximum Gasteiger partial charge on any atom is 0.321 e. The van der Waals surface area contributed by atoms with E-state index >= 15 is 0 Å². The second-order valence-corrected chi connectivity index (χ2v) is 6.93. The molecule has 1 unspecified atom stereocenters. The lowest BCUT2D eigenvalue weighted by molar-refractivity contribution is -0.148. The van der Waals surface area contributed by atoms with Gasteiger partial charge < -0.3 is 15.3 Å². The van der Waals surface area contributed by atoms with E-state index in [1.54, 1.807) is 11.0 Å². The van der Waals surface area contributed by atoms with Crippen LogP contribution in [-0.4, -0.2) is 35.1 Å². The molecular formula is C14H16Br2N2O3. The first-order valence-corrected chi connectivity index (χ1v) is 8.21. The van der Waals surface area contributed by atoms with Gasteiger partial charge in [-0.1, -0.05) is 22.9 Å². The minimum absolute atomic E-state index is 0.246. The lowest BCUT2D eigenvalue weighted by Gasteiger charge is -2.23. The number of benzene rings is 1. The third kappa shape index (κ3) is 3.40. The first kappa shape index (κ1) is 16.3. The number of halogens is 2. The quantitative estimate of drug-likeness (QED) is 0.779. The fourth-order valence-electron chi connectivity index (χ4n) is 2.45. The summed E-state index contributed by atoms with van der Waals surface area (Å²) in [6.07, 6.45) is 1.01. The van der Waals surface area contributed by atoms with Gasteiger partial charge in [-0.2, -0.15) is 0 Å². The molecule has 1 aromatic carbocycles. The number of nitrogens with one attached hydrogen (secondary N) is 1. The van der Waals surface area contributed by atoms with Gasteiger partial charge in [0.1, 0.15) is 0 Å². The Morgan fingerprint density at radius 2 is 2.14 bits per heavy atom. The summed E-state index contributed by atoms with van der Waals surface area (Å²) in [5.41, 5.74) is -0.162. The summed E-state index contributed by atoms with van der Waals surface area (Å²) in [5.74, 6) is -0.830. The largest absolute Gasteiger partial charge is 0.481 e. The Kier molecular flexibility index (Phi) is 4.93. The Morgan fingerprint density at radius 1 is 1.43 bits per heavy atom. The molecule has 1 saturated heterocycles. The van der Waals surface area contributed by atoms with Crippen molar-refractivity contribution >= 4 is 49.5 Å². The number of rotatable bonds is 3. The van der Waals surface area contributed by atoms with Crippen molar-refractivity contribution in [2.75, 3.05) is 18.4 Å². The predicted octanol–water partition coefficient (Wildman–Crippen LogP) is 3.93. The average Bonchev–Trinajstić information content (AvgIpc) is 2.89. The number of hydrogen-bond acceptors (Lipinski definition) is 2. The highest BCUT2D eigenvalue weighted by Gasteiger charge is 2.44. The second kappa shape index (κ2) is 6.36. The molecule has 1 aliphatic heterocycles. The van der Waals surface area contributed by atoms with Gasteiger partial charge in [0.25, 0.3) is 0 Å². The number of carboxylic acid groups (broad SMARTS) is 1. The van der Waals surface area contributed by atoms with Crippen molar-refractivity contribution in [3.63, 3.8) is 0 Å². The van der Waals surface area contributed by atoms with Crippen LogP contribution in [0.25, 0.3) is 0 Å². The van der Waals surface area contributed by atoms with Crippen molar-refractivity contribution in [1.82, 2.24) is 4.90 Å². The second-order valence-electron chi connectivity index (χ2n) is 5.16. The van der Waals surface area contributed by atoms with Crippen LogP contribution in [0.2, 0.25) is 0 Å². The average molecular weight is 420 g/mol. The number of amides is 2. The van der Waals surface area contributed by atoms with Gasteiger partial charge in [0.15, 0.2) is 0 Å². The first-order chi connectivity index (χ1) is 9.88. The molecule has 1 aromatic rings. The molecule has 114 valence electrons. The molecule has 1 heterocycles. The maximum absolute atomic E-state index is 12.3. The van der Waals surface area contributed by atoms with E-state index in [-0.39, 0.29) is 12.6 Å². The summed E-state index contributed by atoms with van der Waals surface area (Å²) in [4.78, 5) is 25.3. The molecule has 0 saturated carbocycles. The first-order valence-electron chi connectivity index (χ1n) is 6.62. The summed E-state index contributed by atoms with van der Waals surface area (Å²) in [6.45, 7) is 2.55. The zero-order valence-corrected chi connectivity index (χ0v) is 14.7. The van der Waals surface area contributed by atoms with E-state index in [2.05, 4.69) is 37.2 Å². The molecule has 0 radical (unpaired) electrons. The highest BCUT2D eigenvalue weighted by molar-refractivity contribution is 9.11. The number of likely N-dealkylation sites (tertiary alicyclic amines) is 1. The van der Waals surface area contributed by atoms with E-state index in [0.717, 1.165) is 8.95 Å². The standard InChI is InChI=1S/C14H16Br2N2O3/c1-2-14(12(19)20)5-6-18(8-14)13(21)17-11-7-9(15)3-4-10(11)16/h3-4,7H,2,5-6,8H2,1H3,(H,17,21)(H,19,20). The fourth-order valence-corrected chi connectivity index (χ4v) is 3.15. The lowest BCUT2D eigenvalue weighted by atomic mass is 9.84. The Balaban J connectivity index is 2.09. The van der Waals surface area contributed by atoms with E-state index in [4.69, 9.17) is 0 Å². The molecule has 1 aliphatic rings. The van der Waals surface area contributed by atoms with Crippen LogP contribution in [0, 0.1) is 5.41 Å². The fraction of sp³-hybridized carbons (Fsp3) is 0.429. The smallest absolute Gasteiger partial charge is 0.321 e. The van der Waals surface area contributed by atoms with E-state index < -0.39 is 11.4 Å². The van der Waals surface area contributed by atoms with Crippen LogP contribution in [0.5, 0.6) is 0 Å². The normalized spacial score (nSPS) is 21.4. The van der Waals surface area contributed by atoms with E-state index in [1.165, 1.54) is 0 Å². The molecule has 7 heteroatoms. The number of carboxylic acids is 1. The van der Waals surface area contributed by atoms with Gasteiger partial charge in [-0.15, -0.1) is 0 Å². The minimum Gasteiger partial charge on any atom is -0.481 e. The molecule has 1 atom stereocenters. The molecule has 5 nitrogen and oxygen atoms in total. The molecule has 0 bridgehead atoms. The number of nitrogens with zero attached hydrogens (tertiary/aromatic N) is 1. The molecule has 2 rings (SSSR count). The molecular weight excluding hydrogens is 404 g/mol. The van der Waals surface area contributed by atoms with Crippen LogP contribution >= 0.6 is 31.9 Å². The van der Waals surface area contributed by atoms with Gasteiger partial charge in [-0.3, -0.25) is 4.79 Å². The molecule has 0 aromatic heterocycles. The van der Waals surface area contributed by atoms with Crippen LogP contribution in [0.3, 0.4) is 0 Å². The van der Waals surface area contributed by atoms with Gasteiger partial charge in [0, 0.05) is 22.0 Å². The Labute approximate surface area is 140 Å². The topological polar surface area (TPSA) is 69.6 Å².